The van der Waals surface area contributed by atoms with Gasteiger partial charge in [-0.15, -0.1) is 0 Å². The normalized spacial score (nSPS) is 10.6. The first kappa shape index (κ1) is 16.7. The van der Waals surface area contributed by atoms with Crippen LogP contribution in [-0.2, 0) is 11.2 Å². The van der Waals surface area contributed by atoms with E-state index >= 15 is 0 Å². The van der Waals surface area contributed by atoms with Crippen molar-refractivity contribution in [1.82, 2.24) is 9.97 Å². The Morgan fingerprint density at radius 3 is 2.60 bits per heavy atom. The summed E-state index contributed by atoms with van der Waals surface area (Å²) in [7, 11) is 0. The molecular formula is C19H18N2O4. The first-order chi connectivity index (χ1) is 12.2. The molecule has 25 heavy (non-hydrogen) atoms. The Balaban J connectivity index is 1.68. The molecule has 0 spiro atoms. The molecule has 0 saturated heterocycles. The highest BCUT2D eigenvalue weighted by molar-refractivity contribution is 5.77. The number of esters is 1. The molecule has 2 aromatic carbocycles. The molecule has 0 atom stereocenters. The van der Waals surface area contributed by atoms with Gasteiger partial charge in [0.25, 0.3) is 5.56 Å². The molecule has 1 N–H and O–H groups in total. The Morgan fingerprint density at radius 1 is 1.08 bits per heavy atom. The number of H-pyrrole nitrogens is 1. The number of rotatable bonds is 6. The minimum Gasteiger partial charge on any atom is -0.490 e. The molecule has 3 rings (SSSR count). The average molecular weight is 338 g/mol. The van der Waals surface area contributed by atoms with E-state index in [0.29, 0.717) is 34.8 Å². The number of aromatic amines is 1. The zero-order chi connectivity index (χ0) is 17.6. The number of carbonyl (C=O) groups excluding carboxylic acids is 1. The number of nitrogens with zero attached hydrogens (tertiary/aromatic N) is 1. The second kappa shape index (κ2) is 7.61. The number of aryl methyl sites for hydroxylation is 1. The van der Waals surface area contributed by atoms with Crippen molar-refractivity contribution in [2.75, 3.05) is 6.61 Å². The van der Waals surface area contributed by atoms with E-state index in [1.54, 1.807) is 36.4 Å². The van der Waals surface area contributed by atoms with Crippen LogP contribution >= 0.6 is 0 Å². The van der Waals surface area contributed by atoms with Gasteiger partial charge in [0, 0.05) is 6.42 Å². The highest BCUT2D eigenvalue weighted by Gasteiger charge is 2.11. The predicted octanol–water partition coefficient (Wildman–Crippen LogP) is 2.86. The first-order valence-corrected chi connectivity index (χ1v) is 8.08. The van der Waals surface area contributed by atoms with Gasteiger partial charge in [0.15, 0.2) is 11.5 Å². The van der Waals surface area contributed by atoms with E-state index in [0.717, 1.165) is 0 Å². The van der Waals surface area contributed by atoms with Gasteiger partial charge in [-0.3, -0.25) is 9.59 Å². The van der Waals surface area contributed by atoms with Crippen LogP contribution < -0.4 is 15.0 Å². The van der Waals surface area contributed by atoms with Crippen LogP contribution in [0.15, 0.2) is 53.3 Å². The summed E-state index contributed by atoms with van der Waals surface area (Å²) in [6.45, 7) is 2.34. The van der Waals surface area contributed by atoms with Gasteiger partial charge in [-0.05, 0) is 31.2 Å². The highest BCUT2D eigenvalue weighted by Crippen LogP contribution is 2.26. The van der Waals surface area contributed by atoms with Gasteiger partial charge in [-0.1, -0.05) is 24.3 Å². The van der Waals surface area contributed by atoms with E-state index in [4.69, 9.17) is 9.47 Å². The molecule has 0 aliphatic carbocycles. The van der Waals surface area contributed by atoms with Crippen molar-refractivity contribution in [2.45, 2.75) is 19.8 Å². The Labute approximate surface area is 144 Å². The lowest BCUT2D eigenvalue weighted by Crippen LogP contribution is -2.15. The monoisotopic (exact) mass is 338 g/mol. The van der Waals surface area contributed by atoms with Crippen LogP contribution in [0.2, 0.25) is 0 Å². The number of nitrogens with one attached hydrogen (secondary N) is 1. The SMILES string of the molecule is CCOc1ccccc1OC(=O)CCc1nc2ccccc2c(=O)[nH]1. The van der Waals surface area contributed by atoms with Crippen LogP contribution in [0.25, 0.3) is 10.9 Å². The van der Waals surface area contributed by atoms with Crippen molar-refractivity contribution in [3.8, 4) is 11.5 Å². The standard InChI is InChI=1S/C19H18N2O4/c1-2-24-15-9-5-6-10-16(15)25-18(22)12-11-17-20-14-8-4-3-7-13(14)19(23)21-17/h3-10H,2,11-12H2,1H3,(H,20,21,23). The van der Waals surface area contributed by atoms with E-state index in [1.807, 2.05) is 19.1 Å². The summed E-state index contributed by atoms with van der Waals surface area (Å²) in [6.07, 6.45) is 0.386. The molecule has 0 bridgehead atoms. The fourth-order valence-electron chi connectivity index (χ4n) is 2.46. The maximum Gasteiger partial charge on any atom is 0.311 e. The molecule has 1 aromatic heterocycles. The second-order valence-electron chi connectivity index (χ2n) is 5.38. The highest BCUT2D eigenvalue weighted by atomic mass is 16.6. The summed E-state index contributed by atoms with van der Waals surface area (Å²) in [4.78, 5) is 31.2. The lowest BCUT2D eigenvalue weighted by Gasteiger charge is -2.10. The molecule has 1 heterocycles. The quantitative estimate of drug-likeness (QED) is 0.552. The average Bonchev–Trinajstić information content (AvgIpc) is 2.62. The smallest absolute Gasteiger partial charge is 0.311 e. The zero-order valence-corrected chi connectivity index (χ0v) is 13.8. The maximum atomic E-state index is 12.1. The molecule has 6 heteroatoms. The minimum atomic E-state index is -0.414. The summed E-state index contributed by atoms with van der Waals surface area (Å²) < 4.78 is 10.8. The molecular weight excluding hydrogens is 320 g/mol. The fourth-order valence-corrected chi connectivity index (χ4v) is 2.46. The third-order valence-electron chi connectivity index (χ3n) is 3.60. The Bertz CT molecular complexity index is 949. The predicted molar refractivity (Wildman–Crippen MR) is 93.9 cm³/mol. The topological polar surface area (TPSA) is 81.3 Å². The lowest BCUT2D eigenvalue weighted by molar-refractivity contribution is -0.134. The third-order valence-corrected chi connectivity index (χ3v) is 3.60. The Hall–Kier alpha value is -3.15. The van der Waals surface area contributed by atoms with Crippen molar-refractivity contribution in [2.24, 2.45) is 0 Å². The number of ether oxygens (including phenoxy) is 2. The van der Waals surface area contributed by atoms with Gasteiger partial charge in [-0.2, -0.15) is 0 Å². The van der Waals surface area contributed by atoms with Gasteiger partial charge < -0.3 is 14.5 Å². The summed E-state index contributed by atoms with van der Waals surface area (Å²) in [5, 5.41) is 0.527. The van der Waals surface area contributed by atoms with E-state index in [-0.39, 0.29) is 18.4 Å². The molecule has 0 saturated carbocycles. The van der Waals surface area contributed by atoms with E-state index in [2.05, 4.69) is 9.97 Å². The summed E-state index contributed by atoms with van der Waals surface area (Å²) in [6, 6.07) is 14.1. The molecule has 0 aliphatic heterocycles. The van der Waals surface area contributed by atoms with E-state index in [9.17, 15) is 9.59 Å². The largest absolute Gasteiger partial charge is 0.490 e. The van der Waals surface area contributed by atoms with Gasteiger partial charge in [0.2, 0.25) is 0 Å². The van der Waals surface area contributed by atoms with Crippen molar-refractivity contribution in [3.05, 3.63) is 64.7 Å². The Kier molecular flexibility index (Phi) is 5.09. The van der Waals surface area contributed by atoms with Crippen LogP contribution in [0.4, 0.5) is 0 Å². The molecule has 128 valence electrons. The number of hydrogen-bond acceptors (Lipinski definition) is 5. The molecule has 0 radical (unpaired) electrons. The minimum absolute atomic E-state index is 0.0989. The Morgan fingerprint density at radius 2 is 1.80 bits per heavy atom. The third kappa shape index (κ3) is 4.03. The lowest BCUT2D eigenvalue weighted by atomic mass is 10.2. The van der Waals surface area contributed by atoms with Gasteiger partial charge in [-0.25, -0.2) is 4.98 Å². The summed E-state index contributed by atoms with van der Waals surface area (Å²) >= 11 is 0. The summed E-state index contributed by atoms with van der Waals surface area (Å²) in [5.74, 6) is 0.951. The second-order valence-corrected chi connectivity index (χ2v) is 5.38. The molecule has 0 amide bonds. The van der Waals surface area contributed by atoms with Crippen LogP contribution in [-0.4, -0.2) is 22.5 Å². The van der Waals surface area contributed by atoms with Gasteiger partial charge in [0.1, 0.15) is 5.82 Å². The van der Waals surface area contributed by atoms with Crippen LogP contribution in [0.3, 0.4) is 0 Å². The first-order valence-electron chi connectivity index (χ1n) is 8.08. The number of fused-ring (bicyclic) bond motifs is 1. The van der Waals surface area contributed by atoms with Gasteiger partial charge in [0.05, 0.1) is 23.9 Å². The fraction of sp³-hybridized carbons (Fsp3) is 0.211. The molecule has 0 aliphatic rings. The molecule has 6 nitrogen and oxygen atoms in total. The number of para-hydroxylation sites is 3. The molecule has 0 fully saturated rings. The molecule has 3 aromatic rings. The van der Waals surface area contributed by atoms with E-state index < -0.39 is 5.97 Å². The van der Waals surface area contributed by atoms with Crippen LogP contribution in [0, 0.1) is 0 Å². The van der Waals surface area contributed by atoms with Gasteiger partial charge >= 0.3 is 5.97 Å². The number of benzene rings is 2. The summed E-state index contributed by atoms with van der Waals surface area (Å²) in [5.41, 5.74) is 0.395. The number of aromatic nitrogens is 2. The number of carbonyl (C=O) groups is 1. The van der Waals surface area contributed by atoms with Crippen molar-refractivity contribution < 1.29 is 14.3 Å². The van der Waals surface area contributed by atoms with E-state index in [1.165, 1.54) is 0 Å². The van der Waals surface area contributed by atoms with Crippen LogP contribution in [0.1, 0.15) is 19.2 Å². The van der Waals surface area contributed by atoms with Crippen molar-refractivity contribution >= 4 is 16.9 Å². The maximum absolute atomic E-state index is 12.1. The number of hydrogen-bond donors (Lipinski definition) is 1. The van der Waals surface area contributed by atoms with Crippen molar-refractivity contribution in [3.63, 3.8) is 0 Å². The van der Waals surface area contributed by atoms with Crippen molar-refractivity contribution in [1.29, 1.82) is 0 Å². The zero-order valence-electron chi connectivity index (χ0n) is 13.8. The van der Waals surface area contributed by atoms with Crippen LogP contribution in [0.5, 0.6) is 11.5 Å². The molecule has 0 unspecified atom stereocenters.